The standard InChI is InChI=1S/C13H19N3O/c1-8(5-6-14)13(15)10-3-4-11-12(7-10)17-9(2)16-11/h3-4,7-8,13H,5-6,14-15H2,1-2H3. The number of benzene rings is 1. The van der Waals surface area contributed by atoms with E-state index in [1.807, 2.05) is 25.1 Å². The van der Waals surface area contributed by atoms with Crippen LogP contribution >= 0.6 is 0 Å². The quantitative estimate of drug-likeness (QED) is 0.847. The van der Waals surface area contributed by atoms with Gasteiger partial charge in [-0.05, 0) is 36.6 Å². The molecule has 1 heterocycles. The highest BCUT2D eigenvalue weighted by Crippen LogP contribution is 2.25. The molecular formula is C13H19N3O. The molecular weight excluding hydrogens is 214 g/mol. The highest BCUT2D eigenvalue weighted by atomic mass is 16.3. The maximum Gasteiger partial charge on any atom is 0.192 e. The maximum atomic E-state index is 6.20. The van der Waals surface area contributed by atoms with Crippen LogP contribution in [0, 0.1) is 12.8 Å². The Labute approximate surface area is 101 Å². The van der Waals surface area contributed by atoms with Gasteiger partial charge < -0.3 is 15.9 Å². The molecule has 0 amide bonds. The summed E-state index contributed by atoms with van der Waals surface area (Å²) in [7, 11) is 0. The van der Waals surface area contributed by atoms with Crippen molar-refractivity contribution >= 4 is 11.1 Å². The van der Waals surface area contributed by atoms with Gasteiger partial charge in [0.2, 0.25) is 0 Å². The monoisotopic (exact) mass is 233 g/mol. The number of rotatable bonds is 4. The van der Waals surface area contributed by atoms with Gasteiger partial charge in [0.25, 0.3) is 0 Å². The minimum atomic E-state index is -0.00615. The number of hydrogen-bond acceptors (Lipinski definition) is 4. The van der Waals surface area contributed by atoms with Crippen LogP contribution in [-0.2, 0) is 0 Å². The van der Waals surface area contributed by atoms with Crippen LogP contribution in [0.5, 0.6) is 0 Å². The van der Waals surface area contributed by atoms with E-state index in [0.717, 1.165) is 23.1 Å². The minimum absolute atomic E-state index is 0.00615. The van der Waals surface area contributed by atoms with Crippen LogP contribution in [0.2, 0.25) is 0 Å². The molecule has 0 saturated carbocycles. The average Bonchev–Trinajstić information content (AvgIpc) is 2.67. The van der Waals surface area contributed by atoms with Crippen LogP contribution in [0.1, 0.15) is 30.8 Å². The summed E-state index contributed by atoms with van der Waals surface area (Å²) in [6, 6.07) is 5.94. The van der Waals surface area contributed by atoms with E-state index in [1.54, 1.807) is 0 Å². The molecule has 0 aliphatic carbocycles. The number of hydrogen-bond donors (Lipinski definition) is 2. The van der Waals surface area contributed by atoms with Gasteiger partial charge in [-0.3, -0.25) is 0 Å². The van der Waals surface area contributed by atoms with Gasteiger partial charge in [0.05, 0.1) is 0 Å². The fraction of sp³-hybridized carbons (Fsp3) is 0.462. The Hall–Kier alpha value is -1.39. The molecule has 0 aliphatic rings. The summed E-state index contributed by atoms with van der Waals surface area (Å²) >= 11 is 0. The lowest BCUT2D eigenvalue weighted by atomic mass is 9.93. The molecule has 0 radical (unpaired) electrons. The van der Waals surface area contributed by atoms with Gasteiger partial charge in [-0.25, -0.2) is 4.98 Å². The zero-order valence-corrected chi connectivity index (χ0v) is 10.3. The van der Waals surface area contributed by atoms with Crippen LogP contribution in [-0.4, -0.2) is 11.5 Å². The number of fused-ring (bicyclic) bond motifs is 1. The predicted molar refractivity (Wildman–Crippen MR) is 68.5 cm³/mol. The van der Waals surface area contributed by atoms with Crippen LogP contribution in [0.4, 0.5) is 0 Å². The molecule has 4 N–H and O–H groups in total. The van der Waals surface area contributed by atoms with E-state index in [0.29, 0.717) is 18.4 Å². The van der Waals surface area contributed by atoms with Gasteiger partial charge in [-0.15, -0.1) is 0 Å². The highest BCUT2D eigenvalue weighted by molar-refractivity contribution is 5.73. The van der Waals surface area contributed by atoms with Crippen molar-refractivity contribution in [2.75, 3.05) is 6.54 Å². The first kappa shape index (κ1) is 12.1. The third-order valence-corrected chi connectivity index (χ3v) is 3.14. The van der Waals surface area contributed by atoms with Gasteiger partial charge in [-0.1, -0.05) is 13.0 Å². The Kier molecular flexibility index (Phi) is 3.45. The molecule has 2 unspecified atom stereocenters. The molecule has 1 aromatic carbocycles. The van der Waals surface area contributed by atoms with Crippen molar-refractivity contribution in [3.8, 4) is 0 Å². The molecule has 2 aromatic rings. The molecule has 92 valence electrons. The van der Waals surface area contributed by atoms with Gasteiger partial charge in [-0.2, -0.15) is 0 Å². The average molecular weight is 233 g/mol. The smallest absolute Gasteiger partial charge is 0.192 e. The molecule has 2 atom stereocenters. The van der Waals surface area contributed by atoms with E-state index >= 15 is 0 Å². The molecule has 2 rings (SSSR count). The van der Waals surface area contributed by atoms with Crippen molar-refractivity contribution in [2.24, 2.45) is 17.4 Å². The molecule has 0 fully saturated rings. The van der Waals surface area contributed by atoms with E-state index in [4.69, 9.17) is 15.9 Å². The van der Waals surface area contributed by atoms with Crippen molar-refractivity contribution < 1.29 is 4.42 Å². The first-order valence-electron chi connectivity index (χ1n) is 5.94. The van der Waals surface area contributed by atoms with E-state index in [2.05, 4.69) is 11.9 Å². The van der Waals surface area contributed by atoms with Crippen molar-refractivity contribution in [1.29, 1.82) is 0 Å². The number of nitrogens with zero attached hydrogens (tertiary/aromatic N) is 1. The number of aryl methyl sites for hydroxylation is 1. The molecule has 0 spiro atoms. The van der Waals surface area contributed by atoms with Gasteiger partial charge >= 0.3 is 0 Å². The lowest BCUT2D eigenvalue weighted by molar-refractivity contribution is 0.444. The van der Waals surface area contributed by atoms with Crippen molar-refractivity contribution in [2.45, 2.75) is 26.3 Å². The zero-order chi connectivity index (χ0) is 12.4. The lowest BCUT2D eigenvalue weighted by Crippen LogP contribution is -2.21. The highest BCUT2D eigenvalue weighted by Gasteiger charge is 2.15. The van der Waals surface area contributed by atoms with Crippen LogP contribution in [0.15, 0.2) is 22.6 Å². The Morgan fingerprint density at radius 3 is 2.88 bits per heavy atom. The Morgan fingerprint density at radius 1 is 1.41 bits per heavy atom. The fourth-order valence-corrected chi connectivity index (χ4v) is 2.03. The topological polar surface area (TPSA) is 78.1 Å². The summed E-state index contributed by atoms with van der Waals surface area (Å²) in [6.45, 7) is 4.63. The molecule has 1 aromatic heterocycles. The number of nitrogens with two attached hydrogens (primary N) is 2. The SMILES string of the molecule is Cc1nc2ccc(C(N)C(C)CCN)cc2o1. The molecule has 0 aliphatic heterocycles. The van der Waals surface area contributed by atoms with E-state index < -0.39 is 0 Å². The van der Waals surface area contributed by atoms with Crippen molar-refractivity contribution in [3.63, 3.8) is 0 Å². The third-order valence-electron chi connectivity index (χ3n) is 3.14. The van der Waals surface area contributed by atoms with Crippen molar-refractivity contribution in [3.05, 3.63) is 29.7 Å². The Balaban J connectivity index is 2.28. The summed E-state index contributed by atoms with van der Waals surface area (Å²) in [4.78, 5) is 4.27. The normalized spacial score (nSPS) is 15.1. The minimum Gasteiger partial charge on any atom is -0.441 e. The van der Waals surface area contributed by atoms with Crippen molar-refractivity contribution in [1.82, 2.24) is 4.98 Å². The fourth-order valence-electron chi connectivity index (χ4n) is 2.03. The summed E-state index contributed by atoms with van der Waals surface area (Å²) in [5, 5.41) is 0. The Morgan fingerprint density at radius 2 is 2.18 bits per heavy atom. The van der Waals surface area contributed by atoms with Gasteiger partial charge in [0, 0.05) is 13.0 Å². The van der Waals surface area contributed by atoms with E-state index in [9.17, 15) is 0 Å². The largest absolute Gasteiger partial charge is 0.441 e. The second-order valence-corrected chi connectivity index (χ2v) is 4.54. The third kappa shape index (κ3) is 2.48. The maximum absolute atomic E-state index is 6.20. The molecule has 17 heavy (non-hydrogen) atoms. The number of aromatic nitrogens is 1. The predicted octanol–water partition coefficient (Wildman–Crippen LogP) is 2.12. The summed E-state index contributed by atoms with van der Waals surface area (Å²) < 4.78 is 5.51. The number of oxazole rings is 1. The zero-order valence-electron chi connectivity index (χ0n) is 10.3. The van der Waals surface area contributed by atoms with Crippen LogP contribution in [0.3, 0.4) is 0 Å². The van der Waals surface area contributed by atoms with Gasteiger partial charge in [0.1, 0.15) is 5.52 Å². The summed E-state index contributed by atoms with van der Waals surface area (Å²) in [6.07, 6.45) is 0.925. The lowest BCUT2D eigenvalue weighted by Gasteiger charge is -2.19. The summed E-state index contributed by atoms with van der Waals surface area (Å²) in [5.41, 5.74) is 14.5. The van der Waals surface area contributed by atoms with Crippen LogP contribution < -0.4 is 11.5 Å². The molecule has 0 bridgehead atoms. The first-order chi connectivity index (χ1) is 8.11. The van der Waals surface area contributed by atoms with E-state index in [-0.39, 0.29) is 6.04 Å². The molecule has 4 nitrogen and oxygen atoms in total. The summed E-state index contributed by atoms with van der Waals surface area (Å²) in [5.74, 6) is 1.04. The molecule has 0 saturated heterocycles. The van der Waals surface area contributed by atoms with Crippen LogP contribution in [0.25, 0.3) is 11.1 Å². The van der Waals surface area contributed by atoms with Gasteiger partial charge in [0.15, 0.2) is 11.5 Å². The Bertz CT molecular complexity index is 506. The first-order valence-corrected chi connectivity index (χ1v) is 5.94. The second kappa shape index (κ2) is 4.85. The second-order valence-electron chi connectivity index (χ2n) is 4.54. The van der Waals surface area contributed by atoms with E-state index in [1.165, 1.54) is 0 Å². The molecule has 4 heteroatoms.